The molecule has 10 heteroatoms. The van der Waals surface area contributed by atoms with E-state index in [0.717, 1.165) is 22.1 Å². The molecule has 2 aromatic heterocycles. The van der Waals surface area contributed by atoms with Crippen LogP contribution in [0.3, 0.4) is 0 Å². The minimum atomic E-state index is -3.03. The molecule has 0 spiro atoms. The molecule has 8 nitrogen and oxygen atoms in total. The molecular formula is C26H28FN3O5S. The Morgan fingerprint density at radius 2 is 1.92 bits per heavy atom. The van der Waals surface area contributed by atoms with E-state index in [1.165, 1.54) is 6.07 Å². The first-order valence-corrected chi connectivity index (χ1v) is 13.8. The Hall–Kier alpha value is -3.27. The average Bonchev–Trinajstić information content (AvgIpc) is 3.32. The zero-order chi connectivity index (χ0) is 25.4. The maximum Gasteiger partial charge on any atom is 0.225 e. The van der Waals surface area contributed by atoms with Crippen molar-refractivity contribution < 1.29 is 27.1 Å². The van der Waals surface area contributed by atoms with Crippen molar-refractivity contribution >= 4 is 26.6 Å². The summed E-state index contributed by atoms with van der Waals surface area (Å²) in [7, 11) is -1.46. The van der Waals surface area contributed by atoms with E-state index < -0.39 is 15.7 Å². The Morgan fingerprint density at radius 3 is 2.64 bits per heavy atom. The van der Waals surface area contributed by atoms with Gasteiger partial charge in [-0.15, -0.1) is 0 Å². The van der Waals surface area contributed by atoms with Crippen molar-refractivity contribution in [3.8, 4) is 22.8 Å². The highest BCUT2D eigenvalue weighted by Crippen LogP contribution is 2.34. The van der Waals surface area contributed by atoms with Gasteiger partial charge in [-0.2, -0.15) is 0 Å². The molecule has 36 heavy (non-hydrogen) atoms. The second kappa shape index (κ2) is 9.65. The Balaban J connectivity index is 1.35. The second-order valence-corrected chi connectivity index (χ2v) is 11.8. The molecule has 0 saturated carbocycles. The number of pyridine rings is 2. The fourth-order valence-corrected chi connectivity index (χ4v) is 6.50. The number of methoxy groups -OCH3 is 1. The minimum absolute atomic E-state index is 0.0381. The molecule has 0 radical (unpaired) electrons. The van der Waals surface area contributed by atoms with Crippen LogP contribution in [0.1, 0.15) is 24.8 Å². The summed E-state index contributed by atoms with van der Waals surface area (Å²) in [6.07, 6.45) is 4.29. The molecule has 2 fully saturated rings. The fraction of sp³-hybridized carbons (Fsp3) is 0.423. The molecule has 1 atom stereocenters. The summed E-state index contributed by atoms with van der Waals surface area (Å²) >= 11 is 0. The first kappa shape index (κ1) is 24.4. The molecule has 0 unspecified atom stereocenters. The lowest BCUT2D eigenvalue weighted by Crippen LogP contribution is -2.39. The summed E-state index contributed by atoms with van der Waals surface area (Å²) in [5.41, 5.74) is 3.08. The summed E-state index contributed by atoms with van der Waals surface area (Å²) in [6.45, 7) is 2.76. The van der Waals surface area contributed by atoms with Crippen LogP contribution in [0, 0.1) is 18.7 Å². The molecule has 190 valence electrons. The van der Waals surface area contributed by atoms with Crippen LogP contribution in [0.4, 0.5) is 4.39 Å². The maximum atomic E-state index is 15.0. The van der Waals surface area contributed by atoms with Gasteiger partial charge in [-0.05, 0) is 43.5 Å². The number of nitrogens with zero attached hydrogens (tertiary/aromatic N) is 3. The van der Waals surface area contributed by atoms with Gasteiger partial charge in [-0.25, -0.2) is 17.8 Å². The SMILES string of the molecule is COc1ncc(-c2ccnc3cc(F)c(O[C@H]4CCN(C(=O)C5CCS(=O)(=O)CC5)C4)cc23)cc1C. The summed E-state index contributed by atoms with van der Waals surface area (Å²) in [6, 6.07) is 6.83. The van der Waals surface area contributed by atoms with E-state index in [1.54, 1.807) is 30.5 Å². The van der Waals surface area contributed by atoms with Crippen molar-refractivity contribution in [2.24, 2.45) is 5.92 Å². The molecule has 0 N–H and O–H groups in total. The number of amides is 1. The van der Waals surface area contributed by atoms with Gasteiger partial charge in [0.2, 0.25) is 11.8 Å². The smallest absolute Gasteiger partial charge is 0.225 e. The molecule has 2 aliphatic rings. The summed E-state index contributed by atoms with van der Waals surface area (Å²) in [5.74, 6) is -0.0689. The van der Waals surface area contributed by atoms with E-state index in [0.29, 0.717) is 43.7 Å². The molecule has 3 aromatic rings. The van der Waals surface area contributed by atoms with Gasteiger partial charge in [-0.3, -0.25) is 9.78 Å². The van der Waals surface area contributed by atoms with E-state index >= 15 is 0 Å². The highest BCUT2D eigenvalue weighted by molar-refractivity contribution is 7.91. The van der Waals surface area contributed by atoms with Gasteiger partial charge in [0, 0.05) is 53.9 Å². The highest BCUT2D eigenvalue weighted by Gasteiger charge is 2.35. The Bertz CT molecular complexity index is 1410. The van der Waals surface area contributed by atoms with E-state index in [2.05, 4.69) is 9.97 Å². The monoisotopic (exact) mass is 513 g/mol. The van der Waals surface area contributed by atoms with E-state index in [1.807, 2.05) is 19.1 Å². The molecule has 5 rings (SSSR count). The summed E-state index contributed by atoms with van der Waals surface area (Å²) in [5, 5.41) is 0.731. The standard InChI is InChI=1S/C26H28FN3O5S/c1-16-11-18(14-29-25(16)34-2)20-3-7-28-23-13-22(27)24(12-21(20)23)35-19-4-8-30(15-19)26(31)17-5-9-36(32,33)10-6-17/h3,7,11-14,17,19H,4-6,8-10,15H2,1-2H3/t19-/m0/s1. The predicted molar refractivity (Wildman–Crippen MR) is 133 cm³/mol. The van der Waals surface area contributed by atoms with Crippen molar-refractivity contribution in [2.45, 2.75) is 32.3 Å². The first-order chi connectivity index (χ1) is 17.2. The zero-order valence-corrected chi connectivity index (χ0v) is 21.1. The molecule has 2 aliphatic heterocycles. The number of aryl methyl sites for hydroxylation is 1. The normalized spacial score (nSPS) is 20.0. The molecule has 1 aromatic carbocycles. The maximum absolute atomic E-state index is 15.0. The molecule has 4 heterocycles. The van der Waals surface area contributed by atoms with Gasteiger partial charge in [0.25, 0.3) is 0 Å². The molecule has 1 amide bonds. The van der Waals surface area contributed by atoms with E-state index in [-0.39, 0.29) is 35.2 Å². The third kappa shape index (κ3) is 4.86. The Kier molecular flexibility index (Phi) is 6.55. The van der Waals surface area contributed by atoms with Crippen LogP contribution in [0.2, 0.25) is 0 Å². The topological polar surface area (TPSA) is 98.7 Å². The number of halogens is 1. The highest BCUT2D eigenvalue weighted by atomic mass is 32.2. The van der Waals surface area contributed by atoms with Crippen molar-refractivity contribution in [2.75, 3.05) is 31.7 Å². The number of sulfone groups is 1. The molecule has 0 aliphatic carbocycles. The van der Waals surface area contributed by atoms with Gasteiger partial charge >= 0.3 is 0 Å². The van der Waals surface area contributed by atoms with Crippen LogP contribution >= 0.6 is 0 Å². The predicted octanol–water partition coefficient (Wildman–Crippen LogP) is 3.56. The molecule has 0 bridgehead atoms. The van der Waals surface area contributed by atoms with Crippen LogP contribution in [0.15, 0.2) is 36.7 Å². The quantitative estimate of drug-likeness (QED) is 0.514. The van der Waals surface area contributed by atoms with Crippen molar-refractivity contribution in [1.82, 2.24) is 14.9 Å². The lowest BCUT2D eigenvalue weighted by molar-refractivity contribution is -0.135. The molecule has 2 saturated heterocycles. The number of aromatic nitrogens is 2. The van der Waals surface area contributed by atoms with Crippen molar-refractivity contribution in [3.63, 3.8) is 0 Å². The minimum Gasteiger partial charge on any atom is -0.485 e. The van der Waals surface area contributed by atoms with Crippen LogP contribution in [0.5, 0.6) is 11.6 Å². The lowest BCUT2D eigenvalue weighted by atomic mass is 10.0. The Labute approximate surface area is 209 Å². The van der Waals surface area contributed by atoms with E-state index in [9.17, 15) is 17.6 Å². The second-order valence-electron chi connectivity index (χ2n) is 9.45. The summed E-state index contributed by atoms with van der Waals surface area (Å²) < 4.78 is 49.6. The van der Waals surface area contributed by atoms with Crippen molar-refractivity contribution in [3.05, 3.63) is 48.0 Å². The lowest BCUT2D eigenvalue weighted by Gasteiger charge is -2.26. The number of fused-ring (bicyclic) bond motifs is 1. The fourth-order valence-electron chi connectivity index (χ4n) is 5.01. The number of hydrogen-bond acceptors (Lipinski definition) is 7. The van der Waals surface area contributed by atoms with Crippen LogP contribution in [0.25, 0.3) is 22.0 Å². The van der Waals surface area contributed by atoms with Gasteiger partial charge in [0.1, 0.15) is 15.9 Å². The number of rotatable bonds is 5. The van der Waals surface area contributed by atoms with Gasteiger partial charge in [0.05, 0.1) is 30.7 Å². The number of carbonyl (C=O) groups excluding carboxylic acids is 1. The number of carbonyl (C=O) groups is 1. The van der Waals surface area contributed by atoms with Crippen molar-refractivity contribution in [1.29, 1.82) is 0 Å². The first-order valence-electron chi connectivity index (χ1n) is 12.0. The van der Waals surface area contributed by atoms with Crippen LogP contribution in [-0.4, -0.2) is 67.0 Å². The number of ether oxygens (including phenoxy) is 2. The van der Waals surface area contributed by atoms with Gasteiger partial charge in [0.15, 0.2) is 11.6 Å². The Morgan fingerprint density at radius 1 is 1.14 bits per heavy atom. The van der Waals surface area contributed by atoms with Gasteiger partial charge < -0.3 is 14.4 Å². The van der Waals surface area contributed by atoms with Crippen LogP contribution in [-0.2, 0) is 14.6 Å². The largest absolute Gasteiger partial charge is 0.485 e. The summed E-state index contributed by atoms with van der Waals surface area (Å²) in [4.78, 5) is 23.3. The molecular weight excluding hydrogens is 485 g/mol. The third-order valence-corrected chi connectivity index (χ3v) is 8.70. The number of benzene rings is 1. The van der Waals surface area contributed by atoms with E-state index in [4.69, 9.17) is 9.47 Å². The number of likely N-dealkylation sites (tertiary alicyclic amines) is 1. The van der Waals surface area contributed by atoms with Crippen LogP contribution < -0.4 is 9.47 Å². The third-order valence-electron chi connectivity index (χ3n) is 6.98. The zero-order valence-electron chi connectivity index (χ0n) is 20.2. The van der Waals surface area contributed by atoms with Gasteiger partial charge in [-0.1, -0.05) is 0 Å². The number of hydrogen-bond donors (Lipinski definition) is 0. The average molecular weight is 514 g/mol.